The third-order valence-corrected chi connectivity index (χ3v) is 6.25. The van der Waals surface area contributed by atoms with Gasteiger partial charge in [-0.15, -0.1) is 11.3 Å². The van der Waals surface area contributed by atoms with Gasteiger partial charge in [-0.2, -0.15) is 0 Å². The molecular formula is C17H20N2O3S2. The van der Waals surface area contributed by atoms with Gasteiger partial charge in [0.15, 0.2) is 9.84 Å². The summed E-state index contributed by atoms with van der Waals surface area (Å²) in [6, 6.07) is 10.7. The Labute approximate surface area is 146 Å². The van der Waals surface area contributed by atoms with E-state index in [2.05, 4.69) is 21.7 Å². The summed E-state index contributed by atoms with van der Waals surface area (Å²) in [6.07, 6.45) is 3.34. The maximum Gasteiger partial charge on any atom is 0.238 e. The molecule has 3 rings (SSSR count). The molecule has 1 aliphatic heterocycles. The fourth-order valence-corrected chi connectivity index (χ4v) is 4.51. The van der Waals surface area contributed by atoms with Gasteiger partial charge in [-0.1, -0.05) is 6.07 Å². The first kappa shape index (κ1) is 17.1. The number of hydrogen-bond donors (Lipinski definition) is 1. The molecule has 0 aliphatic carbocycles. The fourth-order valence-electron chi connectivity index (χ4n) is 2.99. The summed E-state index contributed by atoms with van der Waals surface area (Å²) < 4.78 is 22.9. The van der Waals surface area contributed by atoms with Gasteiger partial charge in [-0.25, -0.2) is 8.42 Å². The number of amides is 1. The minimum atomic E-state index is -3.22. The zero-order chi connectivity index (χ0) is 17.2. The van der Waals surface area contributed by atoms with E-state index in [1.54, 1.807) is 23.5 Å². The second-order valence-corrected chi connectivity index (χ2v) is 8.98. The molecule has 1 aromatic heterocycles. The summed E-state index contributed by atoms with van der Waals surface area (Å²) in [5, 5.41) is 4.91. The normalized spacial score (nSPS) is 18.6. The number of rotatable bonds is 5. The predicted octanol–water partition coefficient (Wildman–Crippen LogP) is 2.93. The number of anilines is 1. The number of sulfone groups is 1. The fraction of sp³-hybridized carbons (Fsp3) is 0.353. The van der Waals surface area contributed by atoms with Crippen molar-refractivity contribution in [2.75, 3.05) is 24.7 Å². The topological polar surface area (TPSA) is 66.5 Å². The lowest BCUT2D eigenvalue weighted by molar-refractivity contribution is -0.117. The summed E-state index contributed by atoms with van der Waals surface area (Å²) in [5.41, 5.74) is 0.610. The lowest BCUT2D eigenvalue weighted by Gasteiger charge is -2.22. The molecule has 1 unspecified atom stereocenters. The average molecular weight is 364 g/mol. The van der Waals surface area contributed by atoms with Crippen LogP contribution in [0.4, 0.5) is 5.69 Å². The molecule has 1 saturated heterocycles. The lowest BCUT2D eigenvalue weighted by atomic mass is 10.2. The van der Waals surface area contributed by atoms with Crippen LogP contribution >= 0.6 is 11.3 Å². The Morgan fingerprint density at radius 1 is 1.29 bits per heavy atom. The number of likely N-dealkylation sites (tertiary alicyclic amines) is 1. The van der Waals surface area contributed by atoms with Crippen molar-refractivity contribution in [2.45, 2.75) is 23.8 Å². The molecule has 1 N–H and O–H groups in total. The summed E-state index contributed by atoms with van der Waals surface area (Å²) in [4.78, 5) is 16.0. The smallest absolute Gasteiger partial charge is 0.238 e. The number of nitrogens with one attached hydrogen (secondary N) is 1. The van der Waals surface area contributed by atoms with Crippen LogP contribution in [0.2, 0.25) is 0 Å². The molecule has 1 fully saturated rings. The molecule has 1 atom stereocenters. The van der Waals surface area contributed by atoms with Crippen molar-refractivity contribution in [2.24, 2.45) is 0 Å². The van der Waals surface area contributed by atoms with Crippen molar-refractivity contribution >= 4 is 32.8 Å². The van der Waals surface area contributed by atoms with Gasteiger partial charge in [-0.05, 0) is 55.1 Å². The van der Waals surface area contributed by atoms with E-state index >= 15 is 0 Å². The highest BCUT2D eigenvalue weighted by molar-refractivity contribution is 7.90. The molecule has 24 heavy (non-hydrogen) atoms. The van der Waals surface area contributed by atoms with E-state index < -0.39 is 9.84 Å². The Balaban J connectivity index is 1.61. The zero-order valence-corrected chi connectivity index (χ0v) is 15.1. The van der Waals surface area contributed by atoms with Crippen LogP contribution in [0.3, 0.4) is 0 Å². The Bertz CT molecular complexity index is 799. The van der Waals surface area contributed by atoms with Crippen LogP contribution in [-0.4, -0.2) is 38.6 Å². The van der Waals surface area contributed by atoms with E-state index in [4.69, 9.17) is 0 Å². The van der Waals surface area contributed by atoms with E-state index in [9.17, 15) is 13.2 Å². The van der Waals surface area contributed by atoms with E-state index in [-0.39, 0.29) is 10.8 Å². The van der Waals surface area contributed by atoms with Crippen molar-refractivity contribution in [1.29, 1.82) is 0 Å². The van der Waals surface area contributed by atoms with Crippen molar-refractivity contribution in [3.8, 4) is 0 Å². The second-order valence-electron chi connectivity index (χ2n) is 5.99. The lowest BCUT2D eigenvalue weighted by Crippen LogP contribution is -2.32. The molecule has 0 saturated carbocycles. The monoisotopic (exact) mass is 364 g/mol. The van der Waals surface area contributed by atoms with Gasteiger partial charge in [0.2, 0.25) is 5.91 Å². The van der Waals surface area contributed by atoms with E-state index in [0.29, 0.717) is 18.3 Å². The van der Waals surface area contributed by atoms with E-state index in [1.807, 2.05) is 6.07 Å². The molecule has 5 nitrogen and oxygen atoms in total. The molecule has 1 aliphatic rings. The maximum atomic E-state index is 12.3. The number of benzene rings is 1. The zero-order valence-electron chi connectivity index (χ0n) is 13.4. The minimum Gasteiger partial charge on any atom is -0.325 e. The van der Waals surface area contributed by atoms with E-state index in [0.717, 1.165) is 19.4 Å². The summed E-state index contributed by atoms with van der Waals surface area (Å²) in [6.45, 7) is 1.26. The van der Waals surface area contributed by atoms with Crippen LogP contribution < -0.4 is 5.32 Å². The first-order valence-electron chi connectivity index (χ1n) is 7.81. The summed E-state index contributed by atoms with van der Waals surface area (Å²) in [5.74, 6) is -0.0782. The Morgan fingerprint density at radius 3 is 2.67 bits per heavy atom. The molecule has 1 amide bonds. The number of carbonyl (C=O) groups excluding carboxylic acids is 1. The van der Waals surface area contributed by atoms with E-state index in [1.165, 1.54) is 23.3 Å². The highest BCUT2D eigenvalue weighted by Crippen LogP contribution is 2.34. The minimum absolute atomic E-state index is 0.0782. The Kier molecular flexibility index (Phi) is 5.03. The molecule has 0 bridgehead atoms. The van der Waals surface area contributed by atoms with Gasteiger partial charge in [0.1, 0.15) is 0 Å². The van der Waals surface area contributed by atoms with Crippen molar-refractivity contribution in [3.05, 3.63) is 46.7 Å². The Morgan fingerprint density at radius 2 is 2.04 bits per heavy atom. The predicted molar refractivity (Wildman–Crippen MR) is 96.0 cm³/mol. The van der Waals surface area contributed by atoms with Crippen LogP contribution in [-0.2, 0) is 14.6 Å². The van der Waals surface area contributed by atoms with Crippen LogP contribution in [0, 0.1) is 0 Å². The SMILES string of the molecule is CS(=O)(=O)c1ccc(NC(=O)CN2CCCC2c2cccs2)cc1. The quantitative estimate of drug-likeness (QED) is 0.886. The van der Waals surface area contributed by atoms with Gasteiger partial charge < -0.3 is 5.32 Å². The highest BCUT2D eigenvalue weighted by Gasteiger charge is 2.28. The van der Waals surface area contributed by atoms with Crippen molar-refractivity contribution < 1.29 is 13.2 Å². The van der Waals surface area contributed by atoms with Gasteiger partial charge in [0.25, 0.3) is 0 Å². The molecule has 7 heteroatoms. The standard InChI is InChI=1S/C17H20N2O3S2/c1-24(21,22)14-8-6-13(7-9-14)18-17(20)12-19-10-2-4-15(19)16-5-3-11-23-16/h3,5-9,11,15H,2,4,10,12H2,1H3,(H,18,20). The largest absolute Gasteiger partial charge is 0.325 e. The third kappa shape index (κ3) is 4.03. The van der Waals surface area contributed by atoms with Gasteiger partial charge >= 0.3 is 0 Å². The number of carbonyl (C=O) groups is 1. The molecule has 0 spiro atoms. The third-order valence-electron chi connectivity index (χ3n) is 4.15. The summed E-state index contributed by atoms with van der Waals surface area (Å²) >= 11 is 1.73. The second kappa shape index (κ2) is 7.04. The Hall–Kier alpha value is -1.70. The highest BCUT2D eigenvalue weighted by atomic mass is 32.2. The molecular weight excluding hydrogens is 344 g/mol. The van der Waals surface area contributed by atoms with Gasteiger partial charge in [-0.3, -0.25) is 9.69 Å². The van der Waals surface area contributed by atoms with Crippen LogP contribution in [0.5, 0.6) is 0 Å². The first-order valence-corrected chi connectivity index (χ1v) is 10.6. The number of hydrogen-bond acceptors (Lipinski definition) is 5. The maximum absolute atomic E-state index is 12.3. The summed E-state index contributed by atoms with van der Waals surface area (Å²) in [7, 11) is -3.22. The molecule has 0 radical (unpaired) electrons. The first-order chi connectivity index (χ1) is 11.4. The van der Waals surface area contributed by atoms with Crippen LogP contribution in [0.15, 0.2) is 46.7 Å². The molecule has 2 aromatic rings. The van der Waals surface area contributed by atoms with Crippen LogP contribution in [0.25, 0.3) is 0 Å². The average Bonchev–Trinajstić information content (AvgIpc) is 3.17. The number of nitrogens with zero attached hydrogens (tertiary/aromatic N) is 1. The number of thiophene rings is 1. The molecule has 1 aromatic carbocycles. The molecule has 128 valence electrons. The van der Waals surface area contributed by atoms with Gasteiger partial charge in [0.05, 0.1) is 11.4 Å². The van der Waals surface area contributed by atoms with Crippen molar-refractivity contribution in [1.82, 2.24) is 4.90 Å². The van der Waals surface area contributed by atoms with Crippen molar-refractivity contribution in [3.63, 3.8) is 0 Å². The molecule has 2 heterocycles. The van der Waals surface area contributed by atoms with Crippen LogP contribution in [0.1, 0.15) is 23.8 Å². The van der Waals surface area contributed by atoms with Gasteiger partial charge in [0, 0.05) is 22.9 Å².